The van der Waals surface area contributed by atoms with Crippen LogP contribution in [0.3, 0.4) is 0 Å². The van der Waals surface area contributed by atoms with E-state index in [-0.39, 0.29) is 29.4 Å². The van der Waals surface area contributed by atoms with E-state index in [4.69, 9.17) is 16.3 Å². The van der Waals surface area contributed by atoms with Crippen LogP contribution in [0.4, 0.5) is 14.5 Å². The van der Waals surface area contributed by atoms with E-state index >= 15 is 0 Å². The monoisotopic (exact) mass is 472 g/mol. The van der Waals surface area contributed by atoms with Gasteiger partial charge in [-0.25, -0.2) is 22.0 Å². The summed E-state index contributed by atoms with van der Waals surface area (Å²) in [7, 11) is -4.10. The topological polar surface area (TPSA) is 92.8 Å². The highest BCUT2D eigenvalue weighted by atomic mass is 35.5. The highest BCUT2D eigenvalue weighted by Gasteiger charge is 2.29. The summed E-state index contributed by atoms with van der Waals surface area (Å²) in [6.07, 6.45) is 2.25. The van der Waals surface area contributed by atoms with Crippen LogP contribution < -0.4 is 5.32 Å². The van der Waals surface area contributed by atoms with Crippen molar-refractivity contribution in [2.75, 3.05) is 25.0 Å². The van der Waals surface area contributed by atoms with Crippen LogP contribution in [-0.2, 0) is 19.6 Å². The molecule has 166 valence electrons. The summed E-state index contributed by atoms with van der Waals surface area (Å²) in [6, 6.07) is 6.18. The van der Waals surface area contributed by atoms with E-state index in [0.29, 0.717) is 12.8 Å². The average molecular weight is 473 g/mol. The largest absolute Gasteiger partial charge is 0.452 e. The van der Waals surface area contributed by atoms with Crippen LogP contribution in [0.15, 0.2) is 41.3 Å². The highest BCUT2D eigenvalue weighted by molar-refractivity contribution is 7.89. The van der Waals surface area contributed by atoms with Crippen LogP contribution in [0.25, 0.3) is 0 Å². The van der Waals surface area contributed by atoms with E-state index in [1.165, 1.54) is 10.4 Å². The van der Waals surface area contributed by atoms with Crippen molar-refractivity contribution >= 4 is 39.2 Å². The molecule has 2 aromatic rings. The van der Waals surface area contributed by atoms with Crippen LogP contribution in [0, 0.1) is 11.6 Å². The minimum absolute atomic E-state index is 0.0363. The number of nitrogens with one attached hydrogen (secondary N) is 1. The summed E-state index contributed by atoms with van der Waals surface area (Å²) in [4.78, 5) is 23.6. The summed E-state index contributed by atoms with van der Waals surface area (Å²) < 4.78 is 58.8. The number of sulfonamides is 1. The maximum absolute atomic E-state index is 14.2. The molecular weight excluding hydrogens is 454 g/mol. The van der Waals surface area contributed by atoms with Crippen molar-refractivity contribution in [3.63, 3.8) is 0 Å². The Bertz CT molecular complexity index is 1100. The van der Waals surface area contributed by atoms with Gasteiger partial charge in [0.05, 0.1) is 16.3 Å². The summed E-state index contributed by atoms with van der Waals surface area (Å²) in [5.41, 5.74) is -0.0922. The number of nitrogens with zero attached hydrogens (tertiary/aromatic N) is 1. The smallest absolute Gasteiger partial charge is 0.338 e. The van der Waals surface area contributed by atoms with Gasteiger partial charge in [0.15, 0.2) is 6.61 Å². The van der Waals surface area contributed by atoms with Gasteiger partial charge in [0.1, 0.15) is 16.5 Å². The van der Waals surface area contributed by atoms with Gasteiger partial charge < -0.3 is 10.1 Å². The number of amides is 1. The second-order valence-electron chi connectivity index (χ2n) is 6.86. The lowest BCUT2D eigenvalue weighted by Crippen LogP contribution is -2.36. The normalized spacial score (nSPS) is 14.8. The van der Waals surface area contributed by atoms with Crippen molar-refractivity contribution < 1.29 is 31.5 Å². The number of hydrogen-bond acceptors (Lipinski definition) is 5. The molecule has 1 amide bonds. The molecule has 1 saturated heterocycles. The van der Waals surface area contributed by atoms with Crippen LogP contribution in [-0.4, -0.2) is 44.3 Å². The molecule has 1 aliphatic heterocycles. The first-order chi connectivity index (χ1) is 14.7. The summed E-state index contributed by atoms with van der Waals surface area (Å²) in [5.74, 6) is -3.31. The number of anilines is 1. The van der Waals surface area contributed by atoms with E-state index in [2.05, 4.69) is 5.32 Å². The molecule has 1 heterocycles. The predicted molar refractivity (Wildman–Crippen MR) is 109 cm³/mol. The molecule has 1 fully saturated rings. The number of ether oxygens (including phenoxy) is 1. The fourth-order valence-electron chi connectivity index (χ4n) is 3.06. The lowest BCUT2D eigenvalue weighted by molar-refractivity contribution is -0.119. The second-order valence-corrected chi connectivity index (χ2v) is 9.17. The molecule has 0 saturated carbocycles. The molecule has 31 heavy (non-hydrogen) atoms. The lowest BCUT2D eigenvalue weighted by Gasteiger charge is -2.26. The number of piperidine rings is 1. The maximum atomic E-state index is 14.2. The van der Waals surface area contributed by atoms with Gasteiger partial charge in [-0.15, -0.1) is 0 Å². The lowest BCUT2D eigenvalue weighted by atomic mass is 10.2. The van der Waals surface area contributed by atoms with Gasteiger partial charge in [0, 0.05) is 13.1 Å². The quantitative estimate of drug-likeness (QED) is 0.648. The van der Waals surface area contributed by atoms with Crippen molar-refractivity contribution in [2.24, 2.45) is 0 Å². The van der Waals surface area contributed by atoms with E-state index in [1.807, 2.05) is 0 Å². The first-order valence-corrected chi connectivity index (χ1v) is 11.2. The SMILES string of the molecule is O=C(COC(=O)c1ccc(F)c(S(=O)(=O)N2CCCCC2)c1)Nc1ccc(F)cc1Cl. The van der Waals surface area contributed by atoms with Gasteiger partial charge in [0.2, 0.25) is 10.0 Å². The summed E-state index contributed by atoms with van der Waals surface area (Å²) in [5, 5.41) is 2.32. The van der Waals surface area contributed by atoms with E-state index < -0.39 is 45.0 Å². The number of carbonyl (C=O) groups excluding carboxylic acids is 2. The zero-order chi connectivity index (χ0) is 22.6. The Hall–Kier alpha value is -2.56. The number of halogens is 3. The fourth-order valence-corrected chi connectivity index (χ4v) is 4.89. The maximum Gasteiger partial charge on any atom is 0.338 e. The van der Waals surface area contributed by atoms with Gasteiger partial charge in [-0.1, -0.05) is 18.0 Å². The van der Waals surface area contributed by atoms with Crippen molar-refractivity contribution in [3.05, 3.63) is 58.6 Å². The third kappa shape index (κ3) is 5.57. The van der Waals surface area contributed by atoms with Gasteiger partial charge >= 0.3 is 5.97 Å². The average Bonchev–Trinajstić information content (AvgIpc) is 2.75. The molecule has 0 aliphatic carbocycles. The van der Waals surface area contributed by atoms with Gasteiger partial charge in [-0.2, -0.15) is 4.31 Å². The third-order valence-electron chi connectivity index (χ3n) is 4.64. The molecule has 0 aromatic heterocycles. The Morgan fingerprint density at radius 3 is 2.45 bits per heavy atom. The van der Waals surface area contributed by atoms with E-state index in [9.17, 15) is 26.8 Å². The molecule has 0 radical (unpaired) electrons. The molecule has 1 N–H and O–H groups in total. The Morgan fingerprint density at radius 1 is 1.06 bits per heavy atom. The van der Waals surface area contributed by atoms with E-state index in [1.54, 1.807) is 0 Å². The van der Waals surface area contributed by atoms with Gasteiger partial charge in [0.25, 0.3) is 5.91 Å². The summed E-state index contributed by atoms with van der Waals surface area (Å²) >= 11 is 5.81. The van der Waals surface area contributed by atoms with Crippen molar-refractivity contribution in [1.29, 1.82) is 0 Å². The van der Waals surface area contributed by atoms with Crippen LogP contribution >= 0.6 is 11.6 Å². The first-order valence-electron chi connectivity index (χ1n) is 9.40. The standard InChI is InChI=1S/C20H19ClF2N2O5S/c21-15-11-14(22)5-7-17(15)24-19(26)12-30-20(27)13-4-6-16(23)18(10-13)31(28,29)25-8-2-1-3-9-25/h4-7,10-11H,1-3,8-9,12H2,(H,24,26). The molecule has 7 nitrogen and oxygen atoms in total. The Morgan fingerprint density at radius 2 is 1.77 bits per heavy atom. The molecule has 0 spiro atoms. The zero-order valence-corrected chi connectivity index (χ0v) is 17.8. The van der Waals surface area contributed by atoms with Crippen LogP contribution in [0.5, 0.6) is 0 Å². The van der Waals surface area contributed by atoms with Crippen molar-refractivity contribution in [1.82, 2.24) is 4.31 Å². The molecule has 0 unspecified atom stereocenters. The number of rotatable bonds is 6. The van der Waals surface area contributed by atoms with Gasteiger partial charge in [-0.05, 0) is 49.2 Å². The van der Waals surface area contributed by atoms with Crippen LogP contribution in [0.2, 0.25) is 5.02 Å². The predicted octanol–water partition coefficient (Wildman–Crippen LogP) is 3.59. The minimum Gasteiger partial charge on any atom is -0.452 e. The molecule has 2 aromatic carbocycles. The second kappa shape index (κ2) is 9.71. The van der Waals surface area contributed by atoms with Crippen molar-refractivity contribution in [3.8, 4) is 0 Å². The van der Waals surface area contributed by atoms with Gasteiger partial charge in [-0.3, -0.25) is 4.79 Å². The number of esters is 1. The Balaban J connectivity index is 1.68. The van der Waals surface area contributed by atoms with Crippen molar-refractivity contribution in [2.45, 2.75) is 24.2 Å². The molecule has 0 atom stereocenters. The highest BCUT2D eigenvalue weighted by Crippen LogP contribution is 2.25. The molecule has 0 bridgehead atoms. The number of benzene rings is 2. The third-order valence-corrected chi connectivity index (χ3v) is 6.87. The molecule has 1 aliphatic rings. The van der Waals surface area contributed by atoms with E-state index in [0.717, 1.165) is 36.8 Å². The molecular formula is C20H19ClF2N2O5S. The number of hydrogen-bond donors (Lipinski definition) is 1. The fraction of sp³-hybridized carbons (Fsp3) is 0.300. The number of carbonyl (C=O) groups is 2. The Labute approximate surface area is 183 Å². The minimum atomic E-state index is -4.10. The molecule has 3 rings (SSSR count). The zero-order valence-electron chi connectivity index (χ0n) is 16.2. The Kier molecular flexibility index (Phi) is 7.24. The first kappa shape index (κ1) is 23.1. The summed E-state index contributed by atoms with van der Waals surface area (Å²) in [6.45, 7) is -0.150. The molecule has 11 heteroatoms. The van der Waals surface area contributed by atoms with Crippen LogP contribution in [0.1, 0.15) is 29.6 Å².